The summed E-state index contributed by atoms with van der Waals surface area (Å²) in [6.45, 7) is 1.69. The molecule has 130 valence electrons. The van der Waals surface area contributed by atoms with Crippen molar-refractivity contribution in [2.24, 2.45) is 0 Å². The minimum absolute atomic E-state index is 0.0732. The lowest BCUT2D eigenvalue weighted by Crippen LogP contribution is -2.33. The molecule has 1 aromatic carbocycles. The number of nitriles is 1. The smallest absolute Gasteiger partial charge is 0.337 e. The van der Waals surface area contributed by atoms with Gasteiger partial charge in [0.05, 0.1) is 31.3 Å². The van der Waals surface area contributed by atoms with E-state index in [4.69, 9.17) is 15.2 Å². The van der Waals surface area contributed by atoms with Gasteiger partial charge in [-0.25, -0.2) is 9.59 Å². The lowest BCUT2D eigenvalue weighted by Gasteiger charge is -2.34. The number of nitrogens with zero attached hydrogens (tertiary/aromatic N) is 2. The van der Waals surface area contributed by atoms with Gasteiger partial charge in [-0.3, -0.25) is 0 Å². The molecule has 1 aromatic rings. The Kier molecular flexibility index (Phi) is 5.13. The normalized spacial score (nSPS) is 17.2. The number of benzene rings is 1. The monoisotopic (exact) mass is 341 g/mol. The fraction of sp³-hybridized carbons (Fsp3) is 0.278. The molecule has 7 heteroatoms. The molecule has 1 unspecified atom stereocenters. The lowest BCUT2D eigenvalue weighted by molar-refractivity contribution is -0.137. The van der Waals surface area contributed by atoms with Crippen LogP contribution >= 0.6 is 0 Å². The highest BCUT2D eigenvalue weighted by atomic mass is 16.5. The van der Waals surface area contributed by atoms with Crippen LogP contribution in [-0.2, 0) is 19.1 Å². The third-order valence-corrected chi connectivity index (χ3v) is 4.22. The number of hydrogen-bond donors (Lipinski definition) is 1. The van der Waals surface area contributed by atoms with Gasteiger partial charge >= 0.3 is 11.9 Å². The van der Waals surface area contributed by atoms with Gasteiger partial charge in [-0.2, -0.15) is 5.26 Å². The molecule has 1 aliphatic rings. The second-order valence-electron chi connectivity index (χ2n) is 5.52. The van der Waals surface area contributed by atoms with E-state index in [2.05, 4.69) is 0 Å². The van der Waals surface area contributed by atoms with Crippen LogP contribution in [-0.4, -0.2) is 38.1 Å². The van der Waals surface area contributed by atoms with E-state index in [1.807, 2.05) is 6.07 Å². The molecule has 0 fully saturated rings. The van der Waals surface area contributed by atoms with Gasteiger partial charge in [-0.1, -0.05) is 12.1 Å². The molecule has 1 heterocycles. The van der Waals surface area contributed by atoms with Crippen molar-refractivity contribution in [1.29, 1.82) is 5.26 Å². The molecule has 1 aliphatic heterocycles. The molecule has 0 amide bonds. The Labute approximate surface area is 145 Å². The molecule has 0 aromatic heterocycles. The summed E-state index contributed by atoms with van der Waals surface area (Å²) in [5.74, 6) is -2.09. The van der Waals surface area contributed by atoms with Crippen LogP contribution in [0, 0.1) is 11.3 Å². The van der Waals surface area contributed by atoms with Crippen LogP contribution in [0.1, 0.15) is 18.4 Å². The van der Waals surface area contributed by atoms with Crippen molar-refractivity contribution >= 4 is 17.6 Å². The second kappa shape index (κ2) is 7.09. The van der Waals surface area contributed by atoms with Gasteiger partial charge in [0.2, 0.25) is 0 Å². The number of allylic oxidation sites excluding steroid dienone is 2. The van der Waals surface area contributed by atoms with Gasteiger partial charge in [-0.15, -0.1) is 0 Å². The van der Waals surface area contributed by atoms with E-state index in [-0.39, 0.29) is 16.8 Å². The molecule has 0 bridgehead atoms. The Hall–Kier alpha value is -3.27. The number of nitrogen functional groups attached to an aromatic ring is 1. The number of esters is 2. The number of nitrogens with two attached hydrogens (primary N) is 1. The third-order valence-electron chi connectivity index (χ3n) is 4.22. The molecule has 0 radical (unpaired) electrons. The first kappa shape index (κ1) is 18.1. The van der Waals surface area contributed by atoms with E-state index in [0.29, 0.717) is 16.9 Å². The molecule has 2 N–H and O–H groups in total. The fourth-order valence-corrected chi connectivity index (χ4v) is 2.93. The van der Waals surface area contributed by atoms with Crippen molar-refractivity contribution in [2.75, 3.05) is 27.0 Å². The first-order chi connectivity index (χ1) is 11.9. The highest BCUT2D eigenvalue weighted by molar-refractivity contribution is 6.00. The Morgan fingerprint density at radius 3 is 2.32 bits per heavy atom. The summed E-state index contributed by atoms with van der Waals surface area (Å²) in [5.41, 5.74) is 7.90. The predicted octanol–water partition coefficient (Wildman–Crippen LogP) is 1.70. The van der Waals surface area contributed by atoms with Crippen LogP contribution in [0.15, 0.2) is 46.8 Å². The van der Waals surface area contributed by atoms with Crippen LogP contribution < -0.4 is 5.73 Å². The summed E-state index contributed by atoms with van der Waals surface area (Å²) in [6.07, 6.45) is 0. The minimum atomic E-state index is -0.811. The number of hydrogen-bond acceptors (Lipinski definition) is 7. The van der Waals surface area contributed by atoms with Crippen molar-refractivity contribution in [3.8, 4) is 6.07 Å². The Balaban J connectivity index is 2.84. The average molecular weight is 341 g/mol. The maximum Gasteiger partial charge on any atom is 0.337 e. The quantitative estimate of drug-likeness (QED) is 0.659. The number of carbonyl (C=O) groups excluding carboxylic acids is 2. The van der Waals surface area contributed by atoms with Gasteiger partial charge in [0.1, 0.15) is 11.8 Å². The minimum Gasteiger partial charge on any atom is -0.466 e. The molecular weight excluding hydrogens is 322 g/mol. The topological polar surface area (TPSA) is 106 Å². The van der Waals surface area contributed by atoms with Crippen molar-refractivity contribution in [3.63, 3.8) is 0 Å². The van der Waals surface area contributed by atoms with Crippen molar-refractivity contribution < 1.29 is 19.1 Å². The molecule has 0 saturated heterocycles. The molecule has 2 rings (SSSR count). The summed E-state index contributed by atoms with van der Waals surface area (Å²) in [5, 5.41) is 9.57. The van der Waals surface area contributed by atoms with Gasteiger partial charge in [0.25, 0.3) is 0 Å². The predicted molar refractivity (Wildman–Crippen MR) is 90.7 cm³/mol. The standard InChI is InChI=1S/C18H19N3O4/c1-10-14(17(22)24-3)15(11-6-5-7-12(20)8-11)16(18(23)25-4)13(9-19)21(10)2/h5-8,15H,20H2,1-4H3. The zero-order chi connectivity index (χ0) is 18.7. The highest BCUT2D eigenvalue weighted by Gasteiger charge is 2.40. The van der Waals surface area contributed by atoms with E-state index in [0.717, 1.165) is 0 Å². The average Bonchev–Trinajstić information content (AvgIpc) is 2.61. The highest BCUT2D eigenvalue weighted by Crippen LogP contribution is 2.42. The number of methoxy groups -OCH3 is 2. The van der Waals surface area contributed by atoms with E-state index in [1.165, 1.54) is 19.1 Å². The summed E-state index contributed by atoms with van der Waals surface area (Å²) >= 11 is 0. The summed E-state index contributed by atoms with van der Waals surface area (Å²) < 4.78 is 9.78. The second-order valence-corrected chi connectivity index (χ2v) is 5.52. The summed E-state index contributed by atoms with van der Waals surface area (Å²) in [7, 11) is 4.10. The SMILES string of the molecule is COC(=O)C1=C(C)N(C)C(C#N)=C(C(=O)OC)C1c1cccc(N)c1. The van der Waals surface area contributed by atoms with E-state index >= 15 is 0 Å². The summed E-state index contributed by atoms with van der Waals surface area (Å²) in [6, 6.07) is 8.83. The van der Waals surface area contributed by atoms with Crippen LogP contribution in [0.25, 0.3) is 0 Å². The number of carbonyl (C=O) groups is 2. The largest absolute Gasteiger partial charge is 0.466 e. The zero-order valence-corrected chi connectivity index (χ0v) is 14.5. The molecule has 0 spiro atoms. The molecule has 1 atom stereocenters. The van der Waals surface area contributed by atoms with Gasteiger partial charge < -0.3 is 20.1 Å². The molecule has 0 aliphatic carbocycles. The molecule has 7 nitrogen and oxygen atoms in total. The first-order valence-corrected chi connectivity index (χ1v) is 7.48. The van der Waals surface area contributed by atoms with Gasteiger partial charge in [0, 0.05) is 18.4 Å². The van der Waals surface area contributed by atoms with Crippen LogP contribution in [0.5, 0.6) is 0 Å². The zero-order valence-electron chi connectivity index (χ0n) is 14.5. The van der Waals surface area contributed by atoms with E-state index in [9.17, 15) is 14.9 Å². The maximum absolute atomic E-state index is 12.4. The Bertz CT molecular complexity index is 833. The molecule has 25 heavy (non-hydrogen) atoms. The lowest BCUT2D eigenvalue weighted by atomic mass is 9.79. The first-order valence-electron chi connectivity index (χ1n) is 7.48. The maximum atomic E-state index is 12.4. The molecule has 0 saturated carbocycles. The number of ether oxygens (including phenoxy) is 2. The van der Waals surface area contributed by atoms with Crippen LogP contribution in [0.3, 0.4) is 0 Å². The van der Waals surface area contributed by atoms with Gasteiger partial charge in [-0.05, 0) is 24.6 Å². The van der Waals surface area contributed by atoms with E-state index < -0.39 is 17.9 Å². The number of anilines is 1. The van der Waals surface area contributed by atoms with Crippen molar-refractivity contribution in [2.45, 2.75) is 12.8 Å². The summed E-state index contributed by atoms with van der Waals surface area (Å²) in [4.78, 5) is 26.4. The van der Waals surface area contributed by atoms with Crippen molar-refractivity contribution in [1.82, 2.24) is 4.90 Å². The van der Waals surface area contributed by atoms with Crippen molar-refractivity contribution in [3.05, 3.63) is 52.4 Å². The van der Waals surface area contributed by atoms with E-state index in [1.54, 1.807) is 38.2 Å². The Morgan fingerprint density at radius 1 is 1.20 bits per heavy atom. The Morgan fingerprint density at radius 2 is 1.80 bits per heavy atom. The third kappa shape index (κ3) is 3.06. The van der Waals surface area contributed by atoms with Gasteiger partial charge in [0.15, 0.2) is 0 Å². The number of rotatable bonds is 3. The molecular formula is C18H19N3O4. The van der Waals surface area contributed by atoms with Crippen LogP contribution in [0.4, 0.5) is 5.69 Å². The fourth-order valence-electron chi connectivity index (χ4n) is 2.93. The van der Waals surface area contributed by atoms with Crippen LogP contribution in [0.2, 0.25) is 0 Å².